The summed E-state index contributed by atoms with van der Waals surface area (Å²) in [6.45, 7) is 2.46. The number of benzene rings is 3. The summed E-state index contributed by atoms with van der Waals surface area (Å²) in [6, 6.07) is 21.4. The maximum absolute atomic E-state index is 11.4. The minimum atomic E-state index is -2.96. The Labute approximate surface area is 229 Å². The highest BCUT2D eigenvalue weighted by Gasteiger charge is 2.13. The number of rotatable bonds is 13. The highest BCUT2D eigenvalue weighted by molar-refractivity contribution is 7.90. The van der Waals surface area contributed by atoms with Crippen molar-refractivity contribution in [3.63, 3.8) is 0 Å². The zero-order valence-corrected chi connectivity index (χ0v) is 23.4. The first-order valence-electron chi connectivity index (χ1n) is 12.7. The lowest BCUT2D eigenvalue weighted by Gasteiger charge is -2.17. The second-order valence-corrected chi connectivity index (χ2v) is 11.8. The van der Waals surface area contributed by atoms with E-state index in [4.69, 9.17) is 20.2 Å². The Morgan fingerprint density at radius 2 is 1.74 bits per heavy atom. The quantitative estimate of drug-likeness (QED) is 0.236. The van der Waals surface area contributed by atoms with Crippen LogP contribution in [0.15, 0.2) is 66.7 Å². The third-order valence-corrected chi connectivity index (χ3v) is 7.21. The zero-order valence-electron chi connectivity index (χ0n) is 22.6. The molecule has 1 aromatic heterocycles. The number of nitrogens with zero attached hydrogens (tertiary/aromatic N) is 3. The van der Waals surface area contributed by atoms with Gasteiger partial charge in [-0.2, -0.15) is 0 Å². The largest absolute Gasteiger partial charge is 0.495 e. The third-order valence-electron chi connectivity index (χ3n) is 6.28. The van der Waals surface area contributed by atoms with E-state index >= 15 is 0 Å². The van der Waals surface area contributed by atoms with Crippen molar-refractivity contribution in [1.29, 1.82) is 0 Å². The average molecular weight is 550 g/mol. The standard InChI is InChI=1S/C29H35N5O4S/c1-34(16-17-39(3,35)36)15-7-14-31-26-18-24-25(19-27(26)37-2)32-29(33-28(24)30)22-10-12-23(13-11-22)38-20-21-8-5-4-6-9-21/h4-6,8-13,18-19,31H,7,14-17,20H2,1-3H3,(H2,30,32,33). The van der Waals surface area contributed by atoms with Gasteiger partial charge in [0.2, 0.25) is 0 Å². The predicted octanol–water partition coefficient (Wildman–Crippen LogP) is 4.25. The van der Waals surface area contributed by atoms with E-state index in [0.29, 0.717) is 42.6 Å². The van der Waals surface area contributed by atoms with E-state index in [0.717, 1.165) is 40.9 Å². The fraction of sp³-hybridized carbons (Fsp3) is 0.310. The minimum absolute atomic E-state index is 0.156. The number of fused-ring (bicyclic) bond motifs is 1. The van der Waals surface area contributed by atoms with Gasteiger partial charge in [0, 0.05) is 36.4 Å². The van der Waals surface area contributed by atoms with Gasteiger partial charge in [0.05, 0.1) is 24.1 Å². The van der Waals surface area contributed by atoms with Crippen molar-refractivity contribution in [1.82, 2.24) is 14.9 Å². The molecule has 9 nitrogen and oxygen atoms in total. The smallest absolute Gasteiger partial charge is 0.162 e. The number of sulfone groups is 1. The van der Waals surface area contributed by atoms with E-state index in [1.54, 1.807) is 7.11 Å². The maximum Gasteiger partial charge on any atom is 0.162 e. The first kappa shape index (κ1) is 28.1. The average Bonchev–Trinajstić information content (AvgIpc) is 2.93. The molecule has 0 saturated heterocycles. The molecule has 3 aromatic carbocycles. The van der Waals surface area contributed by atoms with Crippen LogP contribution in [0.2, 0.25) is 0 Å². The molecule has 0 radical (unpaired) electrons. The van der Waals surface area contributed by atoms with Gasteiger partial charge >= 0.3 is 0 Å². The molecule has 10 heteroatoms. The Hall–Kier alpha value is -3.89. The van der Waals surface area contributed by atoms with E-state index < -0.39 is 9.84 Å². The van der Waals surface area contributed by atoms with Crippen molar-refractivity contribution in [2.75, 3.05) is 56.9 Å². The minimum Gasteiger partial charge on any atom is -0.495 e. The zero-order chi connectivity index (χ0) is 27.8. The molecule has 206 valence electrons. The fourth-order valence-corrected chi connectivity index (χ4v) is 4.71. The van der Waals surface area contributed by atoms with Crippen LogP contribution < -0.4 is 20.5 Å². The van der Waals surface area contributed by atoms with E-state index in [-0.39, 0.29) is 5.75 Å². The van der Waals surface area contributed by atoms with Gasteiger partial charge in [-0.05, 0) is 55.9 Å². The molecule has 0 fully saturated rings. The van der Waals surface area contributed by atoms with Crippen LogP contribution in [0, 0.1) is 0 Å². The molecular formula is C29H35N5O4S. The molecule has 0 aliphatic rings. The highest BCUT2D eigenvalue weighted by Crippen LogP contribution is 2.33. The SMILES string of the molecule is COc1cc2nc(-c3ccc(OCc4ccccc4)cc3)nc(N)c2cc1NCCCN(C)CCS(C)(=O)=O. The lowest BCUT2D eigenvalue weighted by Crippen LogP contribution is -2.27. The van der Waals surface area contributed by atoms with Gasteiger partial charge in [-0.1, -0.05) is 30.3 Å². The molecule has 0 aliphatic carbocycles. The number of nitrogens with one attached hydrogen (secondary N) is 1. The van der Waals surface area contributed by atoms with Gasteiger partial charge in [0.1, 0.15) is 33.8 Å². The predicted molar refractivity (Wildman–Crippen MR) is 157 cm³/mol. The summed E-state index contributed by atoms with van der Waals surface area (Å²) in [7, 11) is 0.571. The molecule has 4 aromatic rings. The van der Waals surface area contributed by atoms with Crippen LogP contribution in [0.1, 0.15) is 12.0 Å². The van der Waals surface area contributed by atoms with Crippen LogP contribution in [0.25, 0.3) is 22.3 Å². The van der Waals surface area contributed by atoms with Gasteiger partial charge in [-0.3, -0.25) is 0 Å². The highest BCUT2D eigenvalue weighted by atomic mass is 32.2. The lowest BCUT2D eigenvalue weighted by atomic mass is 10.1. The molecule has 0 unspecified atom stereocenters. The van der Waals surface area contributed by atoms with Crippen LogP contribution in [0.3, 0.4) is 0 Å². The molecule has 0 aliphatic heterocycles. The molecule has 39 heavy (non-hydrogen) atoms. The molecule has 4 rings (SSSR count). The third kappa shape index (κ3) is 8.05. The molecular weight excluding hydrogens is 514 g/mol. The van der Waals surface area contributed by atoms with Crippen LogP contribution in [0.4, 0.5) is 11.5 Å². The molecule has 0 spiro atoms. The summed E-state index contributed by atoms with van der Waals surface area (Å²) < 4.78 is 34.2. The number of nitrogens with two attached hydrogens (primary N) is 1. The topological polar surface area (TPSA) is 120 Å². The normalized spacial score (nSPS) is 11.6. The lowest BCUT2D eigenvalue weighted by molar-refractivity contribution is 0.306. The van der Waals surface area contributed by atoms with Crippen LogP contribution in [-0.4, -0.2) is 69.1 Å². The van der Waals surface area contributed by atoms with Crippen molar-refractivity contribution < 1.29 is 17.9 Å². The first-order chi connectivity index (χ1) is 18.7. The summed E-state index contributed by atoms with van der Waals surface area (Å²) in [6.07, 6.45) is 2.09. The number of nitrogen functional groups attached to an aromatic ring is 1. The molecule has 0 bridgehead atoms. The maximum atomic E-state index is 11.4. The Morgan fingerprint density at radius 1 is 1.00 bits per heavy atom. The van der Waals surface area contributed by atoms with E-state index in [9.17, 15) is 8.42 Å². The molecule has 0 amide bonds. The number of methoxy groups -OCH3 is 1. The van der Waals surface area contributed by atoms with Gasteiger partial charge in [-0.15, -0.1) is 0 Å². The van der Waals surface area contributed by atoms with Crippen molar-refractivity contribution in [2.45, 2.75) is 13.0 Å². The Balaban J connectivity index is 1.42. The molecule has 0 saturated carbocycles. The number of hydrogen-bond acceptors (Lipinski definition) is 9. The van der Waals surface area contributed by atoms with E-state index in [1.807, 2.05) is 78.7 Å². The Kier molecular flexibility index (Phi) is 9.21. The van der Waals surface area contributed by atoms with Crippen molar-refractivity contribution >= 4 is 32.2 Å². The number of aromatic nitrogens is 2. The summed E-state index contributed by atoms with van der Waals surface area (Å²) >= 11 is 0. The number of ether oxygens (including phenoxy) is 2. The second-order valence-electron chi connectivity index (χ2n) is 9.51. The van der Waals surface area contributed by atoms with Crippen LogP contribution in [0.5, 0.6) is 11.5 Å². The fourth-order valence-electron chi connectivity index (χ4n) is 4.06. The second kappa shape index (κ2) is 12.8. The van der Waals surface area contributed by atoms with Crippen molar-refractivity contribution in [2.24, 2.45) is 0 Å². The molecule has 3 N–H and O–H groups in total. The number of hydrogen-bond donors (Lipinski definition) is 2. The Bertz CT molecular complexity index is 1500. The monoisotopic (exact) mass is 549 g/mol. The van der Waals surface area contributed by atoms with Gasteiger partial charge < -0.3 is 25.4 Å². The van der Waals surface area contributed by atoms with Gasteiger partial charge in [0.15, 0.2) is 5.82 Å². The Morgan fingerprint density at radius 3 is 2.44 bits per heavy atom. The van der Waals surface area contributed by atoms with E-state index in [1.165, 1.54) is 6.26 Å². The summed E-state index contributed by atoms with van der Waals surface area (Å²) in [5, 5.41) is 4.12. The molecule has 1 heterocycles. The van der Waals surface area contributed by atoms with E-state index in [2.05, 4.69) is 10.3 Å². The van der Waals surface area contributed by atoms with Gasteiger partial charge in [-0.25, -0.2) is 18.4 Å². The summed E-state index contributed by atoms with van der Waals surface area (Å²) in [5.41, 5.74) is 9.78. The van der Waals surface area contributed by atoms with Crippen molar-refractivity contribution in [3.05, 3.63) is 72.3 Å². The summed E-state index contributed by atoms with van der Waals surface area (Å²) in [5.74, 6) is 2.47. The van der Waals surface area contributed by atoms with Crippen molar-refractivity contribution in [3.8, 4) is 22.9 Å². The first-order valence-corrected chi connectivity index (χ1v) is 14.8. The van der Waals surface area contributed by atoms with Crippen LogP contribution in [-0.2, 0) is 16.4 Å². The summed E-state index contributed by atoms with van der Waals surface area (Å²) in [4.78, 5) is 11.3. The molecule has 0 atom stereocenters. The van der Waals surface area contributed by atoms with Crippen LogP contribution >= 0.6 is 0 Å². The number of anilines is 2. The van der Waals surface area contributed by atoms with Gasteiger partial charge in [0.25, 0.3) is 0 Å².